The summed E-state index contributed by atoms with van der Waals surface area (Å²) in [6.45, 7) is 1.64. The molecule has 0 saturated carbocycles. The number of hydrogen-bond acceptors (Lipinski definition) is 4. The average molecular weight is 343 g/mol. The lowest BCUT2D eigenvalue weighted by atomic mass is 10.0. The smallest absolute Gasteiger partial charge is 0.414 e. The Hall–Kier alpha value is -2.60. The average Bonchev–Trinajstić information content (AvgIpc) is 2.99. The lowest BCUT2D eigenvalue weighted by molar-refractivity contribution is 0.110. The summed E-state index contributed by atoms with van der Waals surface area (Å²) in [5.41, 5.74) is 8.32. The van der Waals surface area contributed by atoms with Crippen LogP contribution in [0.15, 0.2) is 42.5 Å². The number of amides is 1. The predicted molar refractivity (Wildman–Crippen MR) is 97.0 cm³/mol. The highest BCUT2D eigenvalue weighted by Gasteiger charge is 2.26. The Morgan fingerprint density at radius 1 is 1.32 bits per heavy atom. The molecule has 0 spiro atoms. The van der Waals surface area contributed by atoms with E-state index >= 15 is 0 Å². The molecule has 0 unspecified atom stereocenters. The zero-order valence-electron chi connectivity index (χ0n) is 14.4. The second-order valence-corrected chi connectivity index (χ2v) is 6.40. The van der Waals surface area contributed by atoms with E-state index in [-0.39, 0.29) is 11.9 Å². The number of nitrogens with zero attached hydrogens (tertiary/aromatic N) is 2. The van der Waals surface area contributed by atoms with E-state index < -0.39 is 6.09 Å². The maximum absolute atomic E-state index is 13.8. The largest absolute Gasteiger partial charge is 0.444 e. The van der Waals surface area contributed by atoms with Crippen LogP contribution in [0.2, 0.25) is 0 Å². The number of anilines is 2. The molecule has 6 heteroatoms. The summed E-state index contributed by atoms with van der Waals surface area (Å²) < 4.78 is 19.4. The van der Waals surface area contributed by atoms with Crippen LogP contribution in [0.5, 0.6) is 0 Å². The van der Waals surface area contributed by atoms with Crippen LogP contribution in [0.25, 0.3) is 11.1 Å². The van der Waals surface area contributed by atoms with Crippen molar-refractivity contribution in [2.45, 2.75) is 12.5 Å². The van der Waals surface area contributed by atoms with Gasteiger partial charge in [0.2, 0.25) is 0 Å². The Morgan fingerprint density at radius 2 is 2.12 bits per heavy atom. The lowest BCUT2D eigenvalue weighted by Gasteiger charge is -2.23. The zero-order valence-corrected chi connectivity index (χ0v) is 14.4. The third kappa shape index (κ3) is 3.91. The first kappa shape index (κ1) is 17.2. The second kappa shape index (κ2) is 7.11. The maximum atomic E-state index is 13.8. The van der Waals surface area contributed by atoms with Gasteiger partial charge in [0.05, 0.1) is 5.69 Å². The van der Waals surface area contributed by atoms with Crippen LogP contribution in [0.1, 0.15) is 6.42 Å². The molecular formula is C19H22FN3O2. The van der Waals surface area contributed by atoms with Crippen molar-refractivity contribution in [2.75, 3.05) is 37.8 Å². The molecule has 0 aromatic heterocycles. The van der Waals surface area contributed by atoms with E-state index in [2.05, 4.69) is 4.90 Å². The highest BCUT2D eigenvalue weighted by Crippen LogP contribution is 2.32. The first-order chi connectivity index (χ1) is 11.9. The fourth-order valence-electron chi connectivity index (χ4n) is 3.05. The molecule has 2 N–H and O–H groups in total. The Morgan fingerprint density at radius 3 is 2.80 bits per heavy atom. The Bertz CT molecular complexity index is 781. The van der Waals surface area contributed by atoms with Gasteiger partial charge < -0.3 is 15.4 Å². The number of likely N-dealkylation sites (N-methyl/N-ethyl adjacent to an activating group) is 1. The quantitative estimate of drug-likeness (QED) is 0.868. The highest BCUT2D eigenvalue weighted by molar-refractivity contribution is 5.93. The van der Waals surface area contributed by atoms with Crippen molar-refractivity contribution in [3.8, 4) is 11.1 Å². The topological polar surface area (TPSA) is 58.8 Å². The van der Waals surface area contributed by atoms with E-state index in [9.17, 15) is 9.18 Å². The Kier molecular flexibility index (Phi) is 4.90. The number of hydrogen-bond donors (Lipinski definition) is 1. The van der Waals surface area contributed by atoms with Gasteiger partial charge in [0.1, 0.15) is 11.9 Å². The summed E-state index contributed by atoms with van der Waals surface area (Å²) in [5.74, 6) is -0.375. The molecule has 0 bridgehead atoms. The van der Waals surface area contributed by atoms with E-state index in [1.807, 2.05) is 13.1 Å². The van der Waals surface area contributed by atoms with Crippen molar-refractivity contribution in [1.82, 2.24) is 4.90 Å². The van der Waals surface area contributed by atoms with Gasteiger partial charge in [-0.3, -0.25) is 4.90 Å². The van der Waals surface area contributed by atoms with Crippen molar-refractivity contribution in [2.24, 2.45) is 0 Å². The number of nitrogen functional groups attached to an aromatic ring is 1. The first-order valence-corrected chi connectivity index (χ1v) is 8.22. The van der Waals surface area contributed by atoms with Gasteiger partial charge in [-0.2, -0.15) is 0 Å². The van der Waals surface area contributed by atoms with Gasteiger partial charge in [-0.1, -0.05) is 12.1 Å². The summed E-state index contributed by atoms with van der Waals surface area (Å²) >= 11 is 0. The number of benzene rings is 2. The van der Waals surface area contributed by atoms with Gasteiger partial charge >= 0.3 is 6.09 Å². The minimum atomic E-state index is -0.447. The Labute approximate surface area is 146 Å². The number of carbonyl (C=O) groups excluding carboxylic acids is 1. The van der Waals surface area contributed by atoms with Crippen LogP contribution in [-0.2, 0) is 4.74 Å². The maximum Gasteiger partial charge on any atom is 0.414 e. The SMILES string of the molecule is CN1CC[C@@H](OC(=O)N(C)c2ccc(F)cc2-c2cccc(N)c2)C1. The Balaban J connectivity index is 1.87. The van der Waals surface area contributed by atoms with Gasteiger partial charge in [-0.15, -0.1) is 0 Å². The number of rotatable bonds is 3. The van der Waals surface area contributed by atoms with Crippen molar-refractivity contribution < 1.29 is 13.9 Å². The van der Waals surface area contributed by atoms with Gasteiger partial charge in [-0.05, 0) is 49.4 Å². The van der Waals surface area contributed by atoms with Crippen LogP contribution in [0, 0.1) is 5.82 Å². The van der Waals surface area contributed by atoms with Crippen LogP contribution in [0.3, 0.4) is 0 Å². The van der Waals surface area contributed by atoms with Crippen LogP contribution < -0.4 is 10.6 Å². The third-order valence-corrected chi connectivity index (χ3v) is 4.41. The van der Waals surface area contributed by atoms with Gasteiger partial charge in [0, 0.05) is 31.4 Å². The number of carbonyl (C=O) groups is 1. The summed E-state index contributed by atoms with van der Waals surface area (Å²) in [7, 11) is 3.62. The molecule has 2 aromatic carbocycles. The van der Waals surface area contributed by atoms with Crippen molar-refractivity contribution in [3.63, 3.8) is 0 Å². The molecule has 1 aliphatic rings. The van der Waals surface area contributed by atoms with Gasteiger partial charge in [0.15, 0.2) is 0 Å². The number of likely N-dealkylation sites (tertiary alicyclic amines) is 1. The van der Waals surface area contributed by atoms with Crippen LogP contribution >= 0.6 is 0 Å². The number of halogens is 1. The fourth-order valence-corrected chi connectivity index (χ4v) is 3.05. The normalized spacial score (nSPS) is 17.5. The molecule has 1 atom stereocenters. The molecule has 1 fully saturated rings. The monoisotopic (exact) mass is 343 g/mol. The number of ether oxygens (including phenoxy) is 1. The van der Waals surface area contributed by atoms with Crippen molar-refractivity contribution in [1.29, 1.82) is 0 Å². The molecule has 5 nitrogen and oxygen atoms in total. The molecule has 1 heterocycles. The number of nitrogens with two attached hydrogens (primary N) is 1. The first-order valence-electron chi connectivity index (χ1n) is 8.22. The van der Waals surface area contributed by atoms with E-state index in [4.69, 9.17) is 10.5 Å². The van der Waals surface area contributed by atoms with Gasteiger partial charge in [0.25, 0.3) is 0 Å². The predicted octanol–water partition coefficient (Wildman–Crippen LogP) is 3.35. The van der Waals surface area contributed by atoms with E-state index in [0.717, 1.165) is 25.1 Å². The molecule has 0 radical (unpaired) electrons. The van der Waals surface area contributed by atoms with Crippen molar-refractivity contribution >= 4 is 17.5 Å². The van der Waals surface area contributed by atoms with E-state index in [1.54, 1.807) is 31.3 Å². The molecule has 0 aliphatic carbocycles. The summed E-state index contributed by atoms with van der Waals surface area (Å²) in [4.78, 5) is 16.0. The van der Waals surface area contributed by atoms with Gasteiger partial charge in [-0.25, -0.2) is 9.18 Å². The van der Waals surface area contributed by atoms with Crippen LogP contribution in [-0.4, -0.2) is 44.3 Å². The van der Waals surface area contributed by atoms with Crippen LogP contribution in [0.4, 0.5) is 20.6 Å². The van der Waals surface area contributed by atoms with E-state index in [1.165, 1.54) is 17.0 Å². The molecular weight excluding hydrogens is 321 g/mol. The summed E-state index contributed by atoms with van der Waals surface area (Å²) in [5, 5.41) is 0. The molecule has 3 rings (SSSR count). The minimum Gasteiger partial charge on any atom is -0.444 e. The molecule has 1 saturated heterocycles. The highest BCUT2D eigenvalue weighted by atomic mass is 19.1. The molecule has 1 amide bonds. The summed E-state index contributed by atoms with van der Waals surface area (Å²) in [6, 6.07) is 11.5. The molecule has 25 heavy (non-hydrogen) atoms. The fraction of sp³-hybridized carbons (Fsp3) is 0.316. The summed E-state index contributed by atoms with van der Waals surface area (Å²) in [6.07, 6.45) is 0.259. The third-order valence-electron chi connectivity index (χ3n) is 4.41. The lowest BCUT2D eigenvalue weighted by Crippen LogP contribution is -2.32. The standard InChI is InChI=1S/C19H22FN3O2/c1-22-9-8-16(12-22)25-19(24)23(2)18-7-6-14(20)11-17(18)13-4-3-5-15(21)10-13/h3-7,10-11,16H,8-9,12,21H2,1-2H3/t16-/m1/s1. The minimum absolute atomic E-state index is 0.115. The molecule has 132 valence electrons. The second-order valence-electron chi connectivity index (χ2n) is 6.40. The zero-order chi connectivity index (χ0) is 18.0. The molecule has 2 aromatic rings. The van der Waals surface area contributed by atoms with E-state index in [0.29, 0.717) is 16.9 Å². The molecule has 1 aliphatic heterocycles. The van der Waals surface area contributed by atoms with Crippen molar-refractivity contribution in [3.05, 3.63) is 48.3 Å².